The highest BCUT2D eigenvalue weighted by molar-refractivity contribution is 5.17. The van der Waals surface area contributed by atoms with Gasteiger partial charge in [-0.1, -0.05) is 19.1 Å². The van der Waals surface area contributed by atoms with E-state index >= 15 is 0 Å². The summed E-state index contributed by atoms with van der Waals surface area (Å²) in [7, 11) is 0. The molecule has 0 aromatic heterocycles. The predicted octanol–water partition coefficient (Wildman–Crippen LogP) is 2.43. The minimum Gasteiger partial charge on any atom is -0.327 e. The lowest BCUT2D eigenvalue weighted by atomic mass is 9.94. The number of piperidine rings is 1. The summed E-state index contributed by atoms with van der Waals surface area (Å²) in [5.41, 5.74) is 7.13. The molecule has 0 bridgehead atoms. The molecule has 0 saturated carbocycles. The SMILES string of the molecule is CC1CC(N)CN(C(C)Cc2cccc(F)c2)C1. The van der Waals surface area contributed by atoms with Gasteiger partial charge in [0, 0.05) is 25.2 Å². The summed E-state index contributed by atoms with van der Waals surface area (Å²) >= 11 is 0. The number of rotatable bonds is 3. The lowest BCUT2D eigenvalue weighted by molar-refractivity contribution is 0.123. The summed E-state index contributed by atoms with van der Waals surface area (Å²) in [4.78, 5) is 2.43. The van der Waals surface area contributed by atoms with Crippen molar-refractivity contribution in [3.8, 4) is 0 Å². The van der Waals surface area contributed by atoms with Gasteiger partial charge in [0.25, 0.3) is 0 Å². The quantitative estimate of drug-likeness (QED) is 0.892. The molecule has 18 heavy (non-hydrogen) atoms. The number of benzene rings is 1. The fraction of sp³-hybridized carbons (Fsp3) is 0.600. The highest BCUT2D eigenvalue weighted by Gasteiger charge is 2.25. The van der Waals surface area contributed by atoms with E-state index < -0.39 is 0 Å². The van der Waals surface area contributed by atoms with Crippen molar-refractivity contribution in [1.29, 1.82) is 0 Å². The third-order valence-electron chi connectivity index (χ3n) is 3.76. The highest BCUT2D eigenvalue weighted by Crippen LogP contribution is 2.19. The largest absolute Gasteiger partial charge is 0.327 e. The second kappa shape index (κ2) is 5.81. The van der Waals surface area contributed by atoms with Crippen molar-refractivity contribution in [1.82, 2.24) is 4.90 Å². The molecule has 0 radical (unpaired) electrons. The number of halogens is 1. The Labute approximate surface area is 109 Å². The summed E-state index contributed by atoms with van der Waals surface area (Å²) in [6.45, 7) is 6.52. The maximum Gasteiger partial charge on any atom is 0.123 e. The van der Waals surface area contributed by atoms with Crippen LogP contribution >= 0.6 is 0 Å². The number of hydrogen-bond donors (Lipinski definition) is 1. The molecule has 2 nitrogen and oxygen atoms in total. The molecule has 3 unspecified atom stereocenters. The molecular formula is C15H23FN2. The first-order chi connectivity index (χ1) is 8.54. The molecule has 0 amide bonds. The van der Waals surface area contributed by atoms with Crippen molar-refractivity contribution >= 4 is 0 Å². The van der Waals surface area contributed by atoms with Crippen LogP contribution in [-0.2, 0) is 6.42 Å². The minimum absolute atomic E-state index is 0.150. The number of hydrogen-bond acceptors (Lipinski definition) is 2. The van der Waals surface area contributed by atoms with E-state index in [1.807, 2.05) is 6.07 Å². The molecule has 0 spiro atoms. The van der Waals surface area contributed by atoms with Gasteiger partial charge in [-0.15, -0.1) is 0 Å². The molecule has 2 rings (SSSR count). The van der Waals surface area contributed by atoms with Gasteiger partial charge < -0.3 is 5.73 Å². The Morgan fingerprint density at radius 1 is 1.44 bits per heavy atom. The van der Waals surface area contributed by atoms with Gasteiger partial charge in [-0.25, -0.2) is 4.39 Å². The fourth-order valence-electron chi connectivity index (χ4n) is 2.94. The van der Waals surface area contributed by atoms with Crippen LogP contribution in [0.5, 0.6) is 0 Å². The van der Waals surface area contributed by atoms with Crippen LogP contribution in [-0.4, -0.2) is 30.1 Å². The van der Waals surface area contributed by atoms with Crippen molar-refractivity contribution in [3.05, 3.63) is 35.6 Å². The Hall–Kier alpha value is -0.930. The van der Waals surface area contributed by atoms with E-state index in [2.05, 4.69) is 18.7 Å². The van der Waals surface area contributed by atoms with Crippen LogP contribution in [0.4, 0.5) is 4.39 Å². The molecular weight excluding hydrogens is 227 g/mol. The van der Waals surface area contributed by atoms with Crippen LogP contribution in [0.25, 0.3) is 0 Å². The molecule has 3 heteroatoms. The molecule has 1 aromatic carbocycles. The highest BCUT2D eigenvalue weighted by atomic mass is 19.1. The van der Waals surface area contributed by atoms with E-state index in [1.54, 1.807) is 12.1 Å². The van der Waals surface area contributed by atoms with Gasteiger partial charge in [0.05, 0.1) is 0 Å². The molecule has 1 fully saturated rings. The Kier molecular flexibility index (Phi) is 4.36. The van der Waals surface area contributed by atoms with E-state index in [-0.39, 0.29) is 11.9 Å². The number of nitrogens with two attached hydrogens (primary N) is 1. The van der Waals surface area contributed by atoms with Crippen LogP contribution in [0.2, 0.25) is 0 Å². The average molecular weight is 250 g/mol. The predicted molar refractivity (Wildman–Crippen MR) is 72.9 cm³/mol. The van der Waals surface area contributed by atoms with Gasteiger partial charge in [-0.2, -0.15) is 0 Å². The van der Waals surface area contributed by atoms with Crippen molar-refractivity contribution in [2.24, 2.45) is 11.7 Å². The average Bonchev–Trinajstić information content (AvgIpc) is 2.27. The smallest absolute Gasteiger partial charge is 0.123 e. The molecule has 2 N–H and O–H groups in total. The molecule has 0 aliphatic carbocycles. The minimum atomic E-state index is -0.150. The van der Waals surface area contributed by atoms with E-state index in [1.165, 1.54) is 6.07 Å². The van der Waals surface area contributed by atoms with E-state index in [4.69, 9.17) is 5.73 Å². The Morgan fingerprint density at radius 3 is 2.89 bits per heavy atom. The first kappa shape index (κ1) is 13.5. The zero-order chi connectivity index (χ0) is 13.1. The van der Waals surface area contributed by atoms with Crippen LogP contribution in [0.1, 0.15) is 25.8 Å². The van der Waals surface area contributed by atoms with Gasteiger partial charge >= 0.3 is 0 Å². The summed E-state index contributed by atoms with van der Waals surface area (Å²) < 4.78 is 13.2. The van der Waals surface area contributed by atoms with Crippen molar-refractivity contribution < 1.29 is 4.39 Å². The first-order valence-electron chi connectivity index (χ1n) is 6.78. The number of likely N-dealkylation sites (tertiary alicyclic amines) is 1. The Bertz CT molecular complexity index is 384. The molecule has 1 aromatic rings. The second-order valence-electron chi connectivity index (χ2n) is 5.74. The number of nitrogens with zero attached hydrogens (tertiary/aromatic N) is 1. The standard InChI is InChI=1S/C15H23FN2/c1-11-6-15(17)10-18(9-11)12(2)7-13-4-3-5-14(16)8-13/h3-5,8,11-12,15H,6-7,9-10,17H2,1-2H3. The monoisotopic (exact) mass is 250 g/mol. The summed E-state index contributed by atoms with van der Waals surface area (Å²) in [6.07, 6.45) is 2.00. The van der Waals surface area contributed by atoms with Gasteiger partial charge in [0.2, 0.25) is 0 Å². The maximum atomic E-state index is 13.2. The van der Waals surface area contributed by atoms with Crippen LogP contribution < -0.4 is 5.73 Å². The van der Waals surface area contributed by atoms with Gasteiger partial charge in [0.15, 0.2) is 0 Å². The van der Waals surface area contributed by atoms with Crippen LogP contribution in [0, 0.1) is 11.7 Å². The Morgan fingerprint density at radius 2 is 2.22 bits per heavy atom. The summed E-state index contributed by atoms with van der Waals surface area (Å²) in [6, 6.07) is 7.59. The first-order valence-corrected chi connectivity index (χ1v) is 6.78. The Balaban J connectivity index is 1.97. The zero-order valence-corrected chi connectivity index (χ0v) is 11.3. The van der Waals surface area contributed by atoms with Gasteiger partial charge in [-0.3, -0.25) is 4.90 Å². The lowest BCUT2D eigenvalue weighted by Gasteiger charge is -2.38. The van der Waals surface area contributed by atoms with Gasteiger partial charge in [-0.05, 0) is 43.4 Å². The maximum absolute atomic E-state index is 13.2. The van der Waals surface area contributed by atoms with E-state index in [0.717, 1.165) is 31.5 Å². The summed E-state index contributed by atoms with van der Waals surface area (Å²) in [5, 5.41) is 0. The van der Waals surface area contributed by atoms with Crippen molar-refractivity contribution in [2.45, 2.75) is 38.8 Å². The second-order valence-corrected chi connectivity index (χ2v) is 5.74. The van der Waals surface area contributed by atoms with E-state index in [0.29, 0.717) is 12.0 Å². The molecule has 3 atom stereocenters. The molecule has 1 saturated heterocycles. The third kappa shape index (κ3) is 3.53. The van der Waals surface area contributed by atoms with E-state index in [9.17, 15) is 4.39 Å². The third-order valence-corrected chi connectivity index (χ3v) is 3.76. The van der Waals surface area contributed by atoms with Crippen LogP contribution in [0.3, 0.4) is 0 Å². The topological polar surface area (TPSA) is 29.3 Å². The zero-order valence-electron chi connectivity index (χ0n) is 11.3. The van der Waals surface area contributed by atoms with Gasteiger partial charge in [0.1, 0.15) is 5.82 Å². The molecule has 100 valence electrons. The lowest BCUT2D eigenvalue weighted by Crippen LogP contribution is -2.50. The molecule has 1 aliphatic rings. The van der Waals surface area contributed by atoms with Crippen LogP contribution in [0.15, 0.2) is 24.3 Å². The molecule has 1 aliphatic heterocycles. The normalized spacial score (nSPS) is 27.1. The van der Waals surface area contributed by atoms with Crippen molar-refractivity contribution in [2.75, 3.05) is 13.1 Å². The summed E-state index contributed by atoms with van der Waals surface area (Å²) in [5.74, 6) is 0.507. The van der Waals surface area contributed by atoms with Crippen molar-refractivity contribution in [3.63, 3.8) is 0 Å². The molecule has 1 heterocycles. The fourth-order valence-corrected chi connectivity index (χ4v) is 2.94.